The van der Waals surface area contributed by atoms with E-state index < -0.39 is 0 Å². The van der Waals surface area contributed by atoms with Gasteiger partial charge in [0.2, 0.25) is 0 Å². The molecule has 0 bridgehead atoms. The lowest BCUT2D eigenvalue weighted by molar-refractivity contribution is 0.324. The summed E-state index contributed by atoms with van der Waals surface area (Å²) in [5.74, 6) is 0. The van der Waals surface area contributed by atoms with E-state index in [2.05, 4.69) is 67.4 Å². The number of benzene rings is 1. The standard InChI is InChI=1S/C15H27N3/c1-5-9-16-10-11-18(4)13-14-7-6-8-15(12-14)17(2)3/h6-8,12,16H,5,9-11,13H2,1-4H3. The molecular weight excluding hydrogens is 222 g/mol. The second-order valence-electron chi connectivity index (χ2n) is 5.05. The first kappa shape index (κ1) is 15.0. The van der Waals surface area contributed by atoms with Crippen LogP contribution in [0.5, 0.6) is 0 Å². The van der Waals surface area contributed by atoms with Gasteiger partial charge in [-0.2, -0.15) is 0 Å². The van der Waals surface area contributed by atoms with Crippen LogP contribution in [0.3, 0.4) is 0 Å². The SMILES string of the molecule is CCCNCCN(C)Cc1cccc(N(C)C)c1. The largest absolute Gasteiger partial charge is 0.378 e. The number of rotatable bonds is 8. The van der Waals surface area contributed by atoms with Crippen LogP contribution in [-0.2, 0) is 6.54 Å². The lowest BCUT2D eigenvalue weighted by Crippen LogP contribution is -2.29. The van der Waals surface area contributed by atoms with Crippen molar-refractivity contribution in [1.29, 1.82) is 0 Å². The van der Waals surface area contributed by atoms with Gasteiger partial charge in [-0.25, -0.2) is 0 Å². The first-order valence-corrected chi connectivity index (χ1v) is 6.79. The van der Waals surface area contributed by atoms with Crippen LogP contribution in [-0.4, -0.2) is 45.7 Å². The quantitative estimate of drug-likeness (QED) is 0.713. The molecule has 3 heteroatoms. The van der Waals surface area contributed by atoms with Gasteiger partial charge in [-0.05, 0) is 37.7 Å². The Morgan fingerprint density at radius 1 is 1.11 bits per heavy atom. The molecule has 1 N–H and O–H groups in total. The molecule has 0 saturated heterocycles. The van der Waals surface area contributed by atoms with Gasteiger partial charge in [-0.15, -0.1) is 0 Å². The van der Waals surface area contributed by atoms with E-state index in [0.29, 0.717) is 0 Å². The van der Waals surface area contributed by atoms with Crippen LogP contribution in [0.2, 0.25) is 0 Å². The summed E-state index contributed by atoms with van der Waals surface area (Å²) in [4.78, 5) is 4.50. The first-order valence-electron chi connectivity index (χ1n) is 6.79. The van der Waals surface area contributed by atoms with E-state index in [0.717, 1.165) is 26.2 Å². The molecule has 0 aliphatic rings. The molecule has 0 saturated carbocycles. The van der Waals surface area contributed by atoms with E-state index in [-0.39, 0.29) is 0 Å². The van der Waals surface area contributed by atoms with Gasteiger partial charge in [-0.3, -0.25) is 0 Å². The Balaban J connectivity index is 2.39. The Bertz CT molecular complexity index is 336. The van der Waals surface area contributed by atoms with Crippen LogP contribution in [0.4, 0.5) is 5.69 Å². The Labute approximate surface area is 112 Å². The molecule has 0 atom stereocenters. The van der Waals surface area contributed by atoms with Crippen LogP contribution in [0, 0.1) is 0 Å². The third-order valence-electron chi connectivity index (χ3n) is 2.98. The van der Waals surface area contributed by atoms with Gasteiger partial charge < -0.3 is 15.1 Å². The summed E-state index contributed by atoms with van der Waals surface area (Å²) >= 11 is 0. The number of hydrogen-bond donors (Lipinski definition) is 1. The van der Waals surface area contributed by atoms with Crippen molar-refractivity contribution >= 4 is 5.69 Å². The molecule has 1 rings (SSSR count). The van der Waals surface area contributed by atoms with E-state index in [4.69, 9.17) is 0 Å². The van der Waals surface area contributed by atoms with Gasteiger partial charge in [0.15, 0.2) is 0 Å². The summed E-state index contributed by atoms with van der Waals surface area (Å²) in [6.07, 6.45) is 1.20. The number of nitrogens with one attached hydrogen (secondary N) is 1. The molecule has 102 valence electrons. The summed E-state index contributed by atoms with van der Waals surface area (Å²) in [7, 11) is 6.34. The predicted octanol–water partition coefficient (Wildman–Crippen LogP) is 2.18. The zero-order valence-electron chi connectivity index (χ0n) is 12.2. The lowest BCUT2D eigenvalue weighted by Gasteiger charge is -2.19. The van der Waals surface area contributed by atoms with Crippen molar-refractivity contribution in [2.45, 2.75) is 19.9 Å². The second kappa shape index (κ2) is 8.11. The van der Waals surface area contributed by atoms with E-state index in [1.807, 2.05) is 0 Å². The molecule has 0 heterocycles. The highest BCUT2D eigenvalue weighted by atomic mass is 15.1. The Morgan fingerprint density at radius 3 is 2.56 bits per heavy atom. The summed E-state index contributed by atoms with van der Waals surface area (Å²) in [5.41, 5.74) is 2.64. The van der Waals surface area contributed by atoms with Gasteiger partial charge in [-0.1, -0.05) is 19.1 Å². The molecule has 1 aromatic rings. The predicted molar refractivity (Wildman–Crippen MR) is 80.3 cm³/mol. The highest BCUT2D eigenvalue weighted by molar-refractivity contribution is 5.47. The van der Waals surface area contributed by atoms with Crippen molar-refractivity contribution in [2.24, 2.45) is 0 Å². The molecule has 0 amide bonds. The molecule has 1 aromatic carbocycles. The monoisotopic (exact) mass is 249 g/mol. The molecule has 0 aliphatic heterocycles. The first-order chi connectivity index (χ1) is 8.63. The highest BCUT2D eigenvalue weighted by Gasteiger charge is 2.02. The maximum Gasteiger partial charge on any atom is 0.0364 e. The summed E-state index contributed by atoms with van der Waals surface area (Å²) in [6.45, 7) is 6.48. The van der Waals surface area contributed by atoms with E-state index in [1.54, 1.807) is 0 Å². The maximum absolute atomic E-state index is 3.43. The van der Waals surface area contributed by atoms with Crippen LogP contribution in [0.25, 0.3) is 0 Å². The van der Waals surface area contributed by atoms with E-state index in [9.17, 15) is 0 Å². The molecule has 3 nitrogen and oxygen atoms in total. The number of hydrogen-bond acceptors (Lipinski definition) is 3. The fraction of sp³-hybridized carbons (Fsp3) is 0.600. The zero-order valence-corrected chi connectivity index (χ0v) is 12.2. The van der Waals surface area contributed by atoms with Crippen molar-refractivity contribution in [3.63, 3.8) is 0 Å². The molecule has 0 spiro atoms. The van der Waals surface area contributed by atoms with Crippen molar-refractivity contribution < 1.29 is 0 Å². The van der Waals surface area contributed by atoms with E-state index in [1.165, 1.54) is 17.7 Å². The molecule has 0 unspecified atom stereocenters. The minimum absolute atomic E-state index is 1.01. The Kier molecular flexibility index (Phi) is 6.76. The summed E-state index contributed by atoms with van der Waals surface area (Å²) in [5, 5.41) is 3.43. The number of nitrogens with zero attached hydrogens (tertiary/aromatic N) is 2. The van der Waals surface area contributed by atoms with Gasteiger partial charge in [0.25, 0.3) is 0 Å². The van der Waals surface area contributed by atoms with Gasteiger partial charge >= 0.3 is 0 Å². The minimum Gasteiger partial charge on any atom is -0.378 e. The third-order valence-corrected chi connectivity index (χ3v) is 2.98. The fourth-order valence-electron chi connectivity index (χ4n) is 1.90. The highest BCUT2D eigenvalue weighted by Crippen LogP contribution is 2.14. The van der Waals surface area contributed by atoms with Crippen molar-refractivity contribution in [3.05, 3.63) is 29.8 Å². The maximum atomic E-state index is 3.43. The second-order valence-corrected chi connectivity index (χ2v) is 5.05. The van der Waals surface area contributed by atoms with Crippen LogP contribution in [0.15, 0.2) is 24.3 Å². The van der Waals surface area contributed by atoms with Gasteiger partial charge in [0.05, 0.1) is 0 Å². The minimum atomic E-state index is 1.01. The Hall–Kier alpha value is -1.06. The van der Waals surface area contributed by atoms with Crippen molar-refractivity contribution in [1.82, 2.24) is 10.2 Å². The van der Waals surface area contributed by atoms with Crippen LogP contribution >= 0.6 is 0 Å². The Morgan fingerprint density at radius 2 is 1.89 bits per heavy atom. The normalized spacial score (nSPS) is 10.9. The molecule has 0 aromatic heterocycles. The number of likely N-dealkylation sites (N-methyl/N-ethyl adjacent to an activating group) is 1. The molecule has 0 radical (unpaired) electrons. The average molecular weight is 249 g/mol. The summed E-state index contributed by atoms with van der Waals surface area (Å²) in [6, 6.07) is 8.74. The average Bonchev–Trinajstić information content (AvgIpc) is 2.35. The van der Waals surface area contributed by atoms with Gasteiger partial charge in [0.1, 0.15) is 0 Å². The van der Waals surface area contributed by atoms with Crippen molar-refractivity contribution in [3.8, 4) is 0 Å². The summed E-state index contributed by atoms with van der Waals surface area (Å²) < 4.78 is 0. The molecule has 0 fully saturated rings. The van der Waals surface area contributed by atoms with Crippen LogP contribution < -0.4 is 10.2 Å². The topological polar surface area (TPSA) is 18.5 Å². The van der Waals surface area contributed by atoms with Gasteiger partial charge in [0, 0.05) is 39.4 Å². The number of anilines is 1. The lowest BCUT2D eigenvalue weighted by atomic mass is 10.2. The van der Waals surface area contributed by atoms with E-state index >= 15 is 0 Å². The molecule has 0 aliphatic carbocycles. The molecule has 18 heavy (non-hydrogen) atoms. The smallest absolute Gasteiger partial charge is 0.0364 e. The zero-order chi connectivity index (χ0) is 13.4. The molecular formula is C15H27N3. The van der Waals surface area contributed by atoms with Crippen LogP contribution in [0.1, 0.15) is 18.9 Å². The fourth-order valence-corrected chi connectivity index (χ4v) is 1.90. The third kappa shape index (κ3) is 5.52. The van der Waals surface area contributed by atoms with Crippen molar-refractivity contribution in [2.75, 3.05) is 45.7 Å².